The topological polar surface area (TPSA) is 106 Å². The average Bonchev–Trinajstić information content (AvgIpc) is 2.49. The molecule has 0 spiro atoms. The smallest absolute Gasteiger partial charge is 0.269 e. The highest BCUT2D eigenvalue weighted by Gasteiger charge is 2.19. The van der Waals surface area contributed by atoms with Gasteiger partial charge in [0, 0.05) is 29.8 Å². The molecule has 21 heavy (non-hydrogen) atoms. The van der Waals surface area contributed by atoms with Gasteiger partial charge in [-0.1, -0.05) is 18.2 Å². The maximum absolute atomic E-state index is 12.1. The van der Waals surface area contributed by atoms with Gasteiger partial charge in [-0.15, -0.1) is 0 Å². The minimum absolute atomic E-state index is 0.0997. The number of ketones is 1. The van der Waals surface area contributed by atoms with Gasteiger partial charge in [0.15, 0.2) is 5.78 Å². The zero-order chi connectivity index (χ0) is 15.4. The van der Waals surface area contributed by atoms with Crippen LogP contribution in [-0.2, 0) is 6.42 Å². The van der Waals surface area contributed by atoms with Gasteiger partial charge in [-0.3, -0.25) is 14.9 Å². The fraction of sp³-hybridized carbons (Fsp3) is 0.133. The van der Waals surface area contributed by atoms with Crippen LogP contribution >= 0.6 is 0 Å². The van der Waals surface area contributed by atoms with Crippen molar-refractivity contribution < 1.29 is 14.8 Å². The summed E-state index contributed by atoms with van der Waals surface area (Å²) in [5.41, 5.74) is 7.07. The second-order valence-electron chi connectivity index (χ2n) is 4.59. The number of aliphatic hydroxyl groups is 1. The second-order valence-corrected chi connectivity index (χ2v) is 4.59. The van der Waals surface area contributed by atoms with E-state index in [1.54, 1.807) is 24.3 Å². The molecule has 2 aromatic rings. The molecule has 0 saturated heterocycles. The first-order valence-corrected chi connectivity index (χ1v) is 6.29. The molecule has 0 fully saturated rings. The van der Waals surface area contributed by atoms with Gasteiger partial charge in [0.25, 0.3) is 5.69 Å². The number of Topliss-reactive ketones (excluding diaryl/α,β-unsaturated/α-hetero) is 1. The molecule has 0 bridgehead atoms. The molecule has 0 aliphatic carbocycles. The van der Waals surface area contributed by atoms with Crippen LogP contribution < -0.4 is 5.73 Å². The van der Waals surface area contributed by atoms with Crippen molar-refractivity contribution in [2.75, 3.05) is 5.73 Å². The number of benzene rings is 2. The molecule has 0 aliphatic rings. The predicted molar refractivity (Wildman–Crippen MR) is 78.0 cm³/mol. The number of carbonyl (C=O) groups excluding carboxylic acids is 1. The average molecular weight is 286 g/mol. The molecule has 0 radical (unpaired) electrons. The fourth-order valence-corrected chi connectivity index (χ4v) is 1.96. The first-order valence-electron chi connectivity index (χ1n) is 6.29. The number of nitro groups is 1. The van der Waals surface area contributed by atoms with Gasteiger partial charge in [0.2, 0.25) is 0 Å². The number of rotatable bonds is 5. The van der Waals surface area contributed by atoms with Gasteiger partial charge in [-0.25, -0.2) is 0 Å². The van der Waals surface area contributed by atoms with E-state index in [1.807, 2.05) is 0 Å². The van der Waals surface area contributed by atoms with Crippen LogP contribution in [-0.4, -0.2) is 21.9 Å². The van der Waals surface area contributed by atoms with Crippen molar-refractivity contribution in [1.29, 1.82) is 0 Å². The van der Waals surface area contributed by atoms with Crippen molar-refractivity contribution in [3.05, 3.63) is 69.8 Å². The fourth-order valence-electron chi connectivity index (χ4n) is 1.96. The number of nitrogens with two attached hydrogens (primary N) is 1. The largest absolute Gasteiger partial charge is 0.399 e. The summed E-state index contributed by atoms with van der Waals surface area (Å²) in [6.45, 7) is 0. The van der Waals surface area contributed by atoms with Crippen LogP contribution in [0.4, 0.5) is 11.4 Å². The van der Waals surface area contributed by atoms with Crippen LogP contribution in [0.1, 0.15) is 15.9 Å². The third-order valence-electron chi connectivity index (χ3n) is 3.13. The lowest BCUT2D eigenvalue weighted by atomic mass is 9.99. The van der Waals surface area contributed by atoms with E-state index < -0.39 is 16.8 Å². The van der Waals surface area contributed by atoms with Crippen molar-refractivity contribution in [3.63, 3.8) is 0 Å². The Kier molecular flexibility index (Phi) is 4.30. The lowest BCUT2D eigenvalue weighted by Gasteiger charge is -2.11. The molecule has 2 rings (SSSR count). The lowest BCUT2D eigenvalue weighted by molar-refractivity contribution is -0.384. The molecule has 1 atom stereocenters. The molecule has 0 heterocycles. The molecule has 6 nitrogen and oxygen atoms in total. The number of nitro benzene ring substituents is 1. The van der Waals surface area contributed by atoms with Gasteiger partial charge in [0.05, 0.1) is 4.92 Å². The van der Waals surface area contributed by atoms with Gasteiger partial charge < -0.3 is 10.8 Å². The highest BCUT2D eigenvalue weighted by atomic mass is 16.6. The van der Waals surface area contributed by atoms with Gasteiger partial charge >= 0.3 is 0 Å². The number of carbonyl (C=O) groups is 1. The van der Waals surface area contributed by atoms with Crippen LogP contribution in [0, 0.1) is 10.1 Å². The highest BCUT2D eigenvalue weighted by molar-refractivity contribution is 5.99. The van der Waals surface area contributed by atoms with E-state index in [0.29, 0.717) is 11.3 Å². The standard InChI is InChI=1S/C15H14N2O4/c16-13-4-2-1-3-11(13)9-14(18)15(19)10-5-7-12(8-6-10)17(20)21/h1-8,14,18H,9,16H2. The maximum Gasteiger partial charge on any atom is 0.269 e. The Morgan fingerprint density at radius 2 is 1.81 bits per heavy atom. The van der Waals surface area contributed by atoms with E-state index in [2.05, 4.69) is 0 Å². The van der Waals surface area contributed by atoms with Crippen molar-refractivity contribution in [2.45, 2.75) is 12.5 Å². The summed E-state index contributed by atoms with van der Waals surface area (Å²) in [5, 5.41) is 20.5. The summed E-state index contributed by atoms with van der Waals surface area (Å²) >= 11 is 0. The van der Waals surface area contributed by atoms with Crippen molar-refractivity contribution in [3.8, 4) is 0 Å². The highest BCUT2D eigenvalue weighted by Crippen LogP contribution is 2.17. The minimum Gasteiger partial charge on any atom is -0.399 e. The Morgan fingerprint density at radius 1 is 1.19 bits per heavy atom. The van der Waals surface area contributed by atoms with E-state index >= 15 is 0 Å². The summed E-state index contributed by atoms with van der Waals surface area (Å²) in [5.74, 6) is -0.492. The van der Waals surface area contributed by atoms with Crippen LogP contribution in [0.15, 0.2) is 48.5 Å². The van der Waals surface area contributed by atoms with Gasteiger partial charge in [-0.2, -0.15) is 0 Å². The van der Waals surface area contributed by atoms with E-state index in [-0.39, 0.29) is 17.7 Å². The SMILES string of the molecule is Nc1ccccc1CC(O)C(=O)c1ccc([N+](=O)[O-])cc1. The summed E-state index contributed by atoms with van der Waals surface area (Å²) < 4.78 is 0. The van der Waals surface area contributed by atoms with Crippen molar-refractivity contribution in [2.24, 2.45) is 0 Å². The molecule has 0 aliphatic heterocycles. The van der Waals surface area contributed by atoms with Crippen molar-refractivity contribution in [1.82, 2.24) is 0 Å². The van der Waals surface area contributed by atoms with E-state index in [0.717, 1.165) is 0 Å². The molecule has 1 unspecified atom stereocenters. The van der Waals surface area contributed by atoms with Crippen LogP contribution in [0.3, 0.4) is 0 Å². The first-order chi connectivity index (χ1) is 9.99. The van der Waals surface area contributed by atoms with Crippen LogP contribution in [0.5, 0.6) is 0 Å². The molecular weight excluding hydrogens is 272 g/mol. The number of hydrogen-bond acceptors (Lipinski definition) is 5. The van der Waals surface area contributed by atoms with E-state index in [1.165, 1.54) is 24.3 Å². The number of hydrogen-bond donors (Lipinski definition) is 2. The lowest BCUT2D eigenvalue weighted by Crippen LogP contribution is -2.23. The molecule has 0 aromatic heterocycles. The monoisotopic (exact) mass is 286 g/mol. The molecule has 0 amide bonds. The number of nitrogens with zero attached hydrogens (tertiary/aromatic N) is 1. The van der Waals surface area contributed by atoms with Crippen LogP contribution in [0.25, 0.3) is 0 Å². The molecule has 6 heteroatoms. The Labute approximate surface area is 121 Å². The number of aliphatic hydroxyl groups excluding tert-OH is 1. The summed E-state index contributed by atoms with van der Waals surface area (Å²) in [4.78, 5) is 22.1. The second kappa shape index (κ2) is 6.15. The third kappa shape index (κ3) is 3.43. The molecule has 3 N–H and O–H groups in total. The number of anilines is 1. The zero-order valence-electron chi connectivity index (χ0n) is 11.1. The van der Waals surface area contributed by atoms with E-state index in [4.69, 9.17) is 5.73 Å². The number of para-hydroxylation sites is 1. The van der Waals surface area contributed by atoms with Gasteiger partial charge in [-0.05, 0) is 23.8 Å². The minimum atomic E-state index is -1.24. The Bertz CT molecular complexity index is 668. The molecule has 2 aromatic carbocycles. The first kappa shape index (κ1) is 14.7. The number of nitrogen functional groups attached to an aromatic ring is 1. The Hall–Kier alpha value is -2.73. The third-order valence-corrected chi connectivity index (χ3v) is 3.13. The van der Waals surface area contributed by atoms with Gasteiger partial charge in [0.1, 0.15) is 6.10 Å². The predicted octanol–water partition coefficient (Wildman–Crippen LogP) is 1.96. The van der Waals surface area contributed by atoms with E-state index in [9.17, 15) is 20.0 Å². The summed E-state index contributed by atoms with van der Waals surface area (Å²) in [7, 11) is 0. The normalized spacial score (nSPS) is 11.9. The summed E-state index contributed by atoms with van der Waals surface area (Å²) in [6, 6.07) is 12.1. The number of non-ortho nitro benzene ring substituents is 1. The van der Waals surface area contributed by atoms with Crippen LogP contribution in [0.2, 0.25) is 0 Å². The Balaban J connectivity index is 2.12. The Morgan fingerprint density at radius 3 is 2.38 bits per heavy atom. The zero-order valence-corrected chi connectivity index (χ0v) is 11.1. The molecule has 0 saturated carbocycles. The quantitative estimate of drug-likeness (QED) is 0.378. The molecule has 108 valence electrons. The molecular formula is C15H14N2O4. The summed E-state index contributed by atoms with van der Waals surface area (Å²) in [6.07, 6.45) is -1.14. The maximum atomic E-state index is 12.1. The van der Waals surface area contributed by atoms with Crippen molar-refractivity contribution >= 4 is 17.2 Å².